The van der Waals surface area contributed by atoms with Gasteiger partial charge >= 0.3 is 5.97 Å². The maximum Gasteiger partial charge on any atom is 0.303 e. The minimum Gasteiger partial charge on any atom is -0.489 e. The van der Waals surface area contributed by atoms with Crippen molar-refractivity contribution in [3.8, 4) is 5.75 Å². The van der Waals surface area contributed by atoms with E-state index in [2.05, 4.69) is 0 Å². The average Bonchev–Trinajstić information content (AvgIpc) is 2.46. The van der Waals surface area contributed by atoms with Gasteiger partial charge in [0.05, 0.1) is 0 Å². The molecule has 0 spiro atoms. The monoisotopic (exact) mass is 304 g/mol. The Balaban J connectivity index is 1.97. The molecule has 0 bridgehead atoms. The Bertz CT molecular complexity index is 620. The zero-order valence-corrected chi connectivity index (χ0v) is 12.6. The fourth-order valence-corrected chi connectivity index (χ4v) is 2.15. The van der Waals surface area contributed by atoms with Crippen molar-refractivity contribution < 1.29 is 14.6 Å². The molecule has 3 nitrogen and oxygen atoms in total. The van der Waals surface area contributed by atoms with E-state index in [9.17, 15) is 4.79 Å². The third-order valence-corrected chi connectivity index (χ3v) is 3.43. The number of ether oxygens (including phenoxy) is 1. The molecule has 0 saturated heterocycles. The third-order valence-electron chi connectivity index (χ3n) is 3.17. The van der Waals surface area contributed by atoms with Crippen LogP contribution in [0.25, 0.3) is 0 Å². The highest BCUT2D eigenvalue weighted by molar-refractivity contribution is 6.30. The zero-order valence-electron chi connectivity index (χ0n) is 11.8. The molecule has 0 aliphatic rings. The van der Waals surface area contributed by atoms with E-state index in [0.717, 1.165) is 22.4 Å². The molecule has 0 aromatic heterocycles. The van der Waals surface area contributed by atoms with Crippen LogP contribution in [0, 0.1) is 6.92 Å². The van der Waals surface area contributed by atoms with Crippen LogP contribution in [0.2, 0.25) is 5.02 Å². The first-order valence-corrected chi connectivity index (χ1v) is 7.11. The normalized spacial score (nSPS) is 10.4. The second-order valence-corrected chi connectivity index (χ2v) is 5.35. The largest absolute Gasteiger partial charge is 0.489 e. The van der Waals surface area contributed by atoms with E-state index < -0.39 is 5.97 Å². The van der Waals surface area contributed by atoms with Gasteiger partial charge in [0.1, 0.15) is 12.4 Å². The highest BCUT2D eigenvalue weighted by Gasteiger charge is 2.04. The fraction of sp³-hybridized carbons (Fsp3) is 0.235. The molecule has 110 valence electrons. The maximum atomic E-state index is 10.6. The standard InChI is InChI=1S/C17H17ClO3/c1-12-10-13(5-9-17(19)20)4-8-16(12)21-11-14-2-6-15(18)7-3-14/h2-4,6-8,10H,5,9,11H2,1H3,(H,19,20). The molecular weight excluding hydrogens is 288 g/mol. The predicted octanol–water partition coefficient (Wildman–Crippen LogP) is 4.24. The first-order valence-electron chi connectivity index (χ1n) is 6.73. The van der Waals surface area contributed by atoms with Crippen molar-refractivity contribution in [1.82, 2.24) is 0 Å². The summed E-state index contributed by atoms with van der Waals surface area (Å²) in [6.45, 7) is 2.44. The molecule has 0 saturated carbocycles. The van der Waals surface area contributed by atoms with E-state index >= 15 is 0 Å². The predicted molar refractivity (Wildman–Crippen MR) is 82.9 cm³/mol. The Hall–Kier alpha value is -2.00. The minimum absolute atomic E-state index is 0.143. The lowest BCUT2D eigenvalue weighted by molar-refractivity contribution is -0.136. The number of aryl methyl sites for hydroxylation is 2. The van der Waals surface area contributed by atoms with Crippen molar-refractivity contribution in [1.29, 1.82) is 0 Å². The van der Waals surface area contributed by atoms with Gasteiger partial charge in [-0.2, -0.15) is 0 Å². The molecule has 0 fully saturated rings. The molecule has 2 rings (SSSR count). The molecule has 0 aliphatic carbocycles. The topological polar surface area (TPSA) is 46.5 Å². The molecular formula is C17H17ClO3. The van der Waals surface area contributed by atoms with Crippen molar-refractivity contribution >= 4 is 17.6 Å². The number of hydrogen-bond donors (Lipinski definition) is 1. The van der Waals surface area contributed by atoms with Gasteiger partial charge in [-0.25, -0.2) is 0 Å². The average molecular weight is 305 g/mol. The van der Waals surface area contributed by atoms with Crippen LogP contribution >= 0.6 is 11.6 Å². The van der Waals surface area contributed by atoms with Crippen LogP contribution in [-0.2, 0) is 17.8 Å². The quantitative estimate of drug-likeness (QED) is 0.868. The molecule has 0 atom stereocenters. The third kappa shape index (κ3) is 4.80. The van der Waals surface area contributed by atoms with Crippen LogP contribution in [-0.4, -0.2) is 11.1 Å². The van der Waals surface area contributed by atoms with Crippen LogP contribution in [0.15, 0.2) is 42.5 Å². The van der Waals surface area contributed by atoms with E-state index in [4.69, 9.17) is 21.4 Å². The van der Waals surface area contributed by atoms with Crippen molar-refractivity contribution in [2.75, 3.05) is 0 Å². The summed E-state index contributed by atoms with van der Waals surface area (Å²) in [5.41, 5.74) is 3.06. The number of aliphatic carboxylic acids is 1. The zero-order chi connectivity index (χ0) is 15.2. The van der Waals surface area contributed by atoms with Gasteiger partial charge in [0.2, 0.25) is 0 Å². The number of halogens is 1. The fourth-order valence-electron chi connectivity index (χ4n) is 2.02. The first kappa shape index (κ1) is 15.4. The van der Waals surface area contributed by atoms with Crippen LogP contribution in [0.3, 0.4) is 0 Å². The Morgan fingerprint density at radius 1 is 1.14 bits per heavy atom. The molecule has 0 heterocycles. The molecule has 0 unspecified atom stereocenters. The second-order valence-electron chi connectivity index (χ2n) is 4.91. The lowest BCUT2D eigenvalue weighted by atomic mass is 10.1. The smallest absolute Gasteiger partial charge is 0.303 e. The molecule has 2 aromatic carbocycles. The number of benzene rings is 2. The second kappa shape index (κ2) is 7.14. The van der Waals surface area contributed by atoms with Gasteiger partial charge in [0, 0.05) is 11.4 Å². The maximum absolute atomic E-state index is 10.6. The summed E-state index contributed by atoms with van der Waals surface area (Å²) < 4.78 is 5.78. The number of carboxylic acid groups (broad SMARTS) is 1. The van der Waals surface area contributed by atoms with Crippen LogP contribution in [0.1, 0.15) is 23.1 Å². The SMILES string of the molecule is Cc1cc(CCC(=O)O)ccc1OCc1ccc(Cl)cc1. The molecule has 4 heteroatoms. The summed E-state index contributed by atoms with van der Waals surface area (Å²) in [5, 5.41) is 9.40. The van der Waals surface area contributed by atoms with Crippen molar-refractivity contribution in [3.05, 3.63) is 64.2 Å². The molecule has 0 aliphatic heterocycles. The Morgan fingerprint density at radius 3 is 2.43 bits per heavy atom. The lowest BCUT2D eigenvalue weighted by Crippen LogP contribution is -2.00. The summed E-state index contributed by atoms with van der Waals surface area (Å²) in [5.74, 6) is 0.0275. The van der Waals surface area contributed by atoms with E-state index in [1.165, 1.54) is 0 Å². The van der Waals surface area contributed by atoms with Gasteiger partial charge < -0.3 is 9.84 Å². The van der Waals surface area contributed by atoms with Gasteiger partial charge in [0.15, 0.2) is 0 Å². The van der Waals surface area contributed by atoms with E-state index in [-0.39, 0.29) is 6.42 Å². The number of carboxylic acids is 1. The highest BCUT2D eigenvalue weighted by Crippen LogP contribution is 2.21. The van der Waals surface area contributed by atoms with Crippen molar-refractivity contribution in [2.24, 2.45) is 0 Å². The summed E-state index contributed by atoms with van der Waals surface area (Å²) in [6.07, 6.45) is 0.679. The molecule has 21 heavy (non-hydrogen) atoms. The molecule has 2 aromatic rings. The lowest BCUT2D eigenvalue weighted by Gasteiger charge is -2.10. The van der Waals surface area contributed by atoms with E-state index in [1.54, 1.807) is 0 Å². The molecule has 1 N–H and O–H groups in total. The van der Waals surface area contributed by atoms with E-state index in [1.807, 2.05) is 49.4 Å². The number of carbonyl (C=O) groups is 1. The van der Waals surface area contributed by atoms with Gasteiger partial charge in [0.25, 0.3) is 0 Å². The first-order chi connectivity index (χ1) is 10.0. The highest BCUT2D eigenvalue weighted by atomic mass is 35.5. The Labute approximate surface area is 129 Å². The Kier molecular flexibility index (Phi) is 5.23. The summed E-state index contributed by atoms with van der Waals surface area (Å²) in [4.78, 5) is 10.6. The van der Waals surface area contributed by atoms with Gasteiger partial charge in [-0.15, -0.1) is 0 Å². The van der Waals surface area contributed by atoms with Gasteiger partial charge in [-0.3, -0.25) is 4.79 Å². The van der Waals surface area contributed by atoms with Gasteiger partial charge in [-0.05, 0) is 48.2 Å². The van der Waals surface area contributed by atoms with Crippen molar-refractivity contribution in [3.63, 3.8) is 0 Å². The summed E-state index contributed by atoms with van der Waals surface area (Å²) in [6, 6.07) is 13.3. The summed E-state index contributed by atoms with van der Waals surface area (Å²) >= 11 is 5.84. The number of rotatable bonds is 6. The molecule has 0 radical (unpaired) electrons. The summed E-state index contributed by atoms with van der Waals surface area (Å²) in [7, 11) is 0. The van der Waals surface area contributed by atoms with Crippen LogP contribution in [0.5, 0.6) is 5.75 Å². The van der Waals surface area contributed by atoms with Gasteiger partial charge in [-0.1, -0.05) is 35.9 Å². The Morgan fingerprint density at radius 2 is 1.81 bits per heavy atom. The minimum atomic E-state index is -0.782. The van der Waals surface area contributed by atoms with Crippen LogP contribution in [0.4, 0.5) is 0 Å². The molecule has 0 amide bonds. The van der Waals surface area contributed by atoms with E-state index in [0.29, 0.717) is 18.1 Å². The number of hydrogen-bond acceptors (Lipinski definition) is 2. The van der Waals surface area contributed by atoms with Crippen LogP contribution < -0.4 is 4.74 Å². The van der Waals surface area contributed by atoms with Crippen molar-refractivity contribution in [2.45, 2.75) is 26.4 Å².